The third kappa shape index (κ3) is 3.41. The average Bonchev–Trinajstić information content (AvgIpc) is 2.70. The lowest BCUT2D eigenvalue weighted by Crippen LogP contribution is -2.62. The molecule has 1 N–H and O–H groups in total. The fourth-order valence-electron chi connectivity index (χ4n) is 3.32. The summed E-state index contributed by atoms with van der Waals surface area (Å²) >= 11 is 0. The number of ether oxygens (including phenoxy) is 1. The predicted molar refractivity (Wildman–Crippen MR) is 102 cm³/mol. The third-order valence-electron chi connectivity index (χ3n) is 4.78. The molecular formula is C21H20F2N2O4. The van der Waals surface area contributed by atoms with Crippen molar-refractivity contribution < 1.29 is 28.2 Å². The molecule has 0 saturated carbocycles. The van der Waals surface area contributed by atoms with E-state index in [-0.39, 0.29) is 12.1 Å². The molecule has 0 fully saturated rings. The summed E-state index contributed by atoms with van der Waals surface area (Å²) in [5.41, 5.74) is -1.39. The summed E-state index contributed by atoms with van der Waals surface area (Å²) < 4.78 is 32.7. The number of aliphatic hydroxyl groups is 1. The number of carbonyl (C=O) groups is 2. The normalized spacial score (nSPS) is 16.2. The van der Waals surface area contributed by atoms with Gasteiger partial charge in [-0.15, -0.1) is 0 Å². The number of carbonyl (C=O) groups excluding carboxylic acids is 2. The van der Waals surface area contributed by atoms with E-state index in [2.05, 4.69) is 4.74 Å². The highest BCUT2D eigenvalue weighted by atomic mass is 19.2. The van der Waals surface area contributed by atoms with Gasteiger partial charge in [0.15, 0.2) is 17.2 Å². The quantitative estimate of drug-likeness (QED) is 0.626. The van der Waals surface area contributed by atoms with Crippen LogP contribution in [0.1, 0.15) is 19.4 Å². The fraction of sp³-hybridized carbons (Fsp3) is 0.238. The largest absolute Gasteiger partial charge is 0.509 e. The zero-order chi connectivity index (χ0) is 21.3. The Hall–Kier alpha value is -3.42. The van der Waals surface area contributed by atoms with Gasteiger partial charge in [0.1, 0.15) is 11.3 Å². The molecular weight excluding hydrogens is 382 g/mol. The van der Waals surface area contributed by atoms with Crippen LogP contribution in [-0.2, 0) is 20.9 Å². The second kappa shape index (κ2) is 7.54. The molecule has 3 rings (SSSR count). The van der Waals surface area contributed by atoms with Crippen LogP contribution in [0.4, 0.5) is 14.5 Å². The summed E-state index contributed by atoms with van der Waals surface area (Å²) in [6.45, 7) is 2.83. The van der Waals surface area contributed by atoms with Crippen LogP contribution in [0.2, 0.25) is 0 Å². The van der Waals surface area contributed by atoms with Crippen molar-refractivity contribution in [3.8, 4) is 0 Å². The highest BCUT2D eigenvalue weighted by molar-refractivity contribution is 6.18. The van der Waals surface area contributed by atoms with Gasteiger partial charge in [0, 0.05) is 5.56 Å². The summed E-state index contributed by atoms with van der Waals surface area (Å²) in [4.78, 5) is 25.4. The van der Waals surface area contributed by atoms with E-state index < -0.39 is 40.4 Å². The molecule has 29 heavy (non-hydrogen) atoms. The Balaban J connectivity index is 2.20. The topological polar surface area (TPSA) is 70.1 Å². The average molecular weight is 402 g/mol. The SMILES string of the molecule is COC(=O)C1=C(O)C(C)(C)N(c2ccccc2)N(Cc2cccc(F)c2F)C1=O. The van der Waals surface area contributed by atoms with Gasteiger partial charge in [0.2, 0.25) is 0 Å². The van der Waals surface area contributed by atoms with Gasteiger partial charge in [0.05, 0.1) is 19.3 Å². The molecule has 152 valence electrons. The summed E-state index contributed by atoms with van der Waals surface area (Å²) in [6.07, 6.45) is 0. The zero-order valence-electron chi connectivity index (χ0n) is 16.1. The number of rotatable bonds is 4. The summed E-state index contributed by atoms with van der Waals surface area (Å²) in [5.74, 6) is -4.53. The second-order valence-electron chi connectivity index (χ2n) is 7.00. The summed E-state index contributed by atoms with van der Waals surface area (Å²) in [5, 5.41) is 13.3. The molecule has 6 nitrogen and oxygen atoms in total. The van der Waals surface area contributed by atoms with Crippen LogP contribution in [0, 0.1) is 11.6 Å². The van der Waals surface area contributed by atoms with E-state index in [1.165, 1.54) is 17.1 Å². The van der Waals surface area contributed by atoms with Crippen molar-refractivity contribution in [3.63, 3.8) is 0 Å². The number of esters is 1. The molecule has 1 aliphatic rings. The van der Waals surface area contributed by atoms with E-state index in [0.717, 1.165) is 18.2 Å². The molecule has 0 aromatic heterocycles. The molecule has 0 atom stereocenters. The van der Waals surface area contributed by atoms with Crippen LogP contribution >= 0.6 is 0 Å². The van der Waals surface area contributed by atoms with Crippen molar-refractivity contribution in [1.82, 2.24) is 5.01 Å². The van der Waals surface area contributed by atoms with E-state index in [1.54, 1.807) is 44.2 Å². The maximum atomic E-state index is 14.3. The van der Waals surface area contributed by atoms with Gasteiger partial charge in [-0.2, -0.15) is 0 Å². The Kier molecular flexibility index (Phi) is 5.28. The van der Waals surface area contributed by atoms with Gasteiger partial charge in [-0.1, -0.05) is 30.3 Å². The minimum absolute atomic E-state index is 0.0827. The van der Waals surface area contributed by atoms with Gasteiger partial charge in [-0.25, -0.2) is 18.6 Å². The molecule has 2 aromatic carbocycles. The van der Waals surface area contributed by atoms with E-state index in [1.807, 2.05) is 0 Å². The lowest BCUT2D eigenvalue weighted by molar-refractivity contribution is -0.142. The van der Waals surface area contributed by atoms with E-state index in [0.29, 0.717) is 5.69 Å². The summed E-state index contributed by atoms with van der Waals surface area (Å²) in [7, 11) is 1.09. The summed E-state index contributed by atoms with van der Waals surface area (Å²) in [6, 6.07) is 12.3. The Labute approximate surface area is 166 Å². The lowest BCUT2D eigenvalue weighted by Gasteiger charge is -2.49. The molecule has 8 heteroatoms. The smallest absolute Gasteiger partial charge is 0.347 e. The van der Waals surface area contributed by atoms with Crippen LogP contribution in [0.3, 0.4) is 0 Å². The van der Waals surface area contributed by atoms with Gasteiger partial charge in [-0.05, 0) is 32.0 Å². The molecule has 0 radical (unpaired) electrons. The number of halogens is 2. The number of aliphatic hydroxyl groups excluding tert-OH is 1. The molecule has 0 bridgehead atoms. The Morgan fingerprint density at radius 2 is 1.76 bits per heavy atom. The number of anilines is 1. The van der Waals surface area contributed by atoms with Crippen molar-refractivity contribution in [2.24, 2.45) is 0 Å². The number of nitrogens with zero attached hydrogens (tertiary/aromatic N) is 2. The standard InChI is InChI=1S/C21H20F2N2O4/c1-21(2)18(26)16(20(28)29-3)19(27)24(25(21)14-9-5-4-6-10-14)12-13-8-7-11-15(22)17(13)23/h4-11,26H,12H2,1-3H3. The number of hydrogen-bond acceptors (Lipinski definition) is 5. The van der Waals surface area contributed by atoms with Crippen LogP contribution in [-0.4, -0.2) is 34.6 Å². The highest BCUT2D eigenvalue weighted by Crippen LogP contribution is 2.38. The van der Waals surface area contributed by atoms with Crippen LogP contribution in [0.15, 0.2) is 59.9 Å². The first kappa shape index (κ1) is 20.3. The van der Waals surface area contributed by atoms with Crippen molar-refractivity contribution in [3.05, 3.63) is 77.1 Å². The molecule has 2 aromatic rings. The van der Waals surface area contributed by atoms with Crippen molar-refractivity contribution in [1.29, 1.82) is 0 Å². The van der Waals surface area contributed by atoms with Crippen molar-refractivity contribution >= 4 is 17.6 Å². The monoisotopic (exact) mass is 402 g/mol. The third-order valence-corrected chi connectivity index (χ3v) is 4.78. The number of benzene rings is 2. The Morgan fingerprint density at radius 1 is 1.10 bits per heavy atom. The minimum Gasteiger partial charge on any atom is -0.509 e. The van der Waals surface area contributed by atoms with Crippen molar-refractivity contribution in [2.45, 2.75) is 25.9 Å². The molecule has 1 amide bonds. The van der Waals surface area contributed by atoms with Crippen LogP contribution in [0.5, 0.6) is 0 Å². The number of hydrogen-bond donors (Lipinski definition) is 1. The molecule has 0 unspecified atom stereocenters. The van der Waals surface area contributed by atoms with Crippen LogP contribution < -0.4 is 5.01 Å². The van der Waals surface area contributed by atoms with Gasteiger partial charge < -0.3 is 9.84 Å². The molecule has 0 aliphatic carbocycles. The number of amides is 1. The second-order valence-corrected chi connectivity index (χ2v) is 7.00. The van der Waals surface area contributed by atoms with Gasteiger partial charge >= 0.3 is 5.97 Å². The highest BCUT2D eigenvalue weighted by Gasteiger charge is 2.48. The Bertz CT molecular complexity index is 989. The predicted octanol–water partition coefficient (Wildman–Crippen LogP) is 3.49. The molecule has 1 heterocycles. The fourth-order valence-corrected chi connectivity index (χ4v) is 3.32. The lowest BCUT2D eigenvalue weighted by atomic mass is 9.92. The van der Waals surface area contributed by atoms with Crippen molar-refractivity contribution in [2.75, 3.05) is 12.1 Å². The first-order valence-corrected chi connectivity index (χ1v) is 8.82. The first-order valence-electron chi connectivity index (χ1n) is 8.82. The number of hydrazine groups is 1. The Morgan fingerprint density at radius 3 is 2.38 bits per heavy atom. The molecule has 1 aliphatic heterocycles. The number of methoxy groups -OCH3 is 1. The first-order chi connectivity index (χ1) is 13.7. The van der Waals surface area contributed by atoms with Gasteiger partial charge in [0.25, 0.3) is 5.91 Å². The molecule has 0 spiro atoms. The molecule has 0 saturated heterocycles. The van der Waals surface area contributed by atoms with Crippen LogP contribution in [0.25, 0.3) is 0 Å². The van der Waals surface area contributed by atoms with E-state index in [4.69, 9.17) is 0 Å². The zero-order valence-corrected chi connectivity index (χ0v) is 16.1. The maximum Gasteiger partial charge on any atom is 0.347 e. The maximum absolute atomic E-state index is 14.3. The number of para-hydroxylation sites is 1. The minimum atomic E-state index is -1.26. The van der Waals surface area contributed by atoms with E-state index in [9.17, 15) is 23.5 Å². The van der Waals surface area contributed by atoms with E-state index >= 15 is 0 Å². The van der Waals surface area contributed by atoms with Gasteiger partial charge in [-0.3, -0.25) is 9.80 Å².